The van der Waals surface area contributed by atoms with E-state index in [1.165, 1.54) is 35.6 Å². The lowest BCUT2D eigenvalue weighted by atomic mass is 10.1. The van der Waals surface area contributed by atoms with Crippen LogP contribution in [0.1, 0.15) is 40.0 Å². The van der Waals surface area contributed by atoms with Gasteiger partial charge in [-0.1, -0.05) is 6.07 Å². The number of nitrogens with zero attached hydrogens (tertiary/aromatic N) is 1. The summed E-state index contributed by atoms with van der Waals surface area (Å²) in [6.07, 6.45) is 0.912. The summed E-state index contributed by atoms with van der Waals surface area (Å²) in [4.78, 5) is 24.5. The third-order valence-corrected chi connectivity index (χ3v) is 6.33. The van der Waals surface area contributed by atoms with Gasteiger partial charge >= 0.3 is 10.2 Å². The van der Waals surface area contributed by atoms with Crippen LogP contribution in [0.4, 0.5) is 4.39 Å². The number of amides is 2. The van der Waals surface area contributed by atoms with Crippen molar-refractivity contribution in [2.45, 2.75) is 25.4 Å². The van der Waals surface area contributed by atoms with Crippen molar-refractivity contribution in [3.63, 3.8) is 0 Å². The first-order valence-electron chi connectivity index (χ1n) is 8.29. The van der Waals surface area contributed by atoms with Crippen LogP contribution in [0.2, 0.25) is 0 Å². The second-order valence-electron chi connectivity index (χ2n) is 6.05. The minimum atomic E-state index is -4.14. The molecule has 2 N–H and O–H groups in total. The summed E-state index contributed by atoms with van der Waals surface area (Å²) >= 11 is 1.28. The summed E-state index contributed by atoms with van der Waals surface area (Å²) in [6, 6.07) is 6.66. The monoisotopic (exact) mass is 411 g/mol. The van der Waals surface area contributed by atoms with Gasteiger partial charge in [0.25, 0.3) is 11.8 Å². The van der Waals surface area contributed by atoms with Crippen molar-refractivity contribution in [3.8, 4) is 0 Å². The van der Waals surface area contributed by atoms with Crippen molar-refractivity contribution < 1.29 is 22.4 Å². The predicted octanol–water partition coefficient (Wildman–Crippen LogP) is 2.10. The number of carbonyl (C=O) groups is 2. The van der Waals surface area contributed by atoms with Crippen molar-refractivity contribution >= 4 is 33.4 Å². The molecule has 144 valence electrons. The molecule has 0 bridgehead atoms. The molecule has 1 aliphatic rings. The molecule has 0 aliphatic carbocycles. The Hall–Kier alpha value is -2.30. The number of halogens is 1. The van der Waals surface area contributed by atoms with Gasteiger partial charge in [0.15, 0.2) is 0 Å². The van der Waals surface area contributed by atoms with Crippen molar-refractivity contribution in [3.05, 3.63) is 58.0 Å². The van der Waals surface area contributed by atoms with Crippen molar-refractivity contribution in [2.75, 3.05) is 6.54 Å². The number of thiophene rings is 1. The van der Waals surface area contributed by atoms with Crippen molar-refractivity contribution in [1.82, 2.24) is 14.3 Å². The number of hydrogen-bond acceptors (Lipinski definition) is 5. The van der Waals surface area contributed by atoms with Gasteiger partial charge in [-0.15, -0.1) is 0 Å². The van der Waals surface area contributed by atoms with Gasteiger partial charge in [-0.2, -0.15) is 24.1 Å². The first kappa shape index (κ1) is 19.5. The SMILES string of the molecule is O=C(NC1CCCCN1S(=O)(=O)NC(=O)c1ccsc1)c1cccc(F)c1. The lowest BCUT2D eigenvalue weighted by Gasteiger charge is -2.34. The van der Waals surface area contributed by atoms with E-state index in [-0.39, 0.29) is 17.7 Å². The molecule has 1 aromatic carbocycles. The summed E-state index contributed by atoms with van der Waals surface area (Å²) < 4.78 is 41.7. The van der Waals surface area contributed by atoms with E-state index in [9.17, 15) is 22.4 Å². The largest absolute Gasteiger partial charge is 0.335 e. The summed E-state index contributed by atoms with van der Waals surface area (Å²) in [5, 5.41) is 5.84. The Morgan fingerprint density at radius 2 is 1.96 bits per heavy atom. The number of hydrogen-bond donors (Lipinski definition) is 2. The second kappa shape index (κ2) is 8.15. The number of benzene rings is 1. The maximum absolute atomic E-state index is 13.3. The molecule has 2 aromatic rings. The normalized spacial score (nSPS) is 18.0. The van der Waals surface area contributed by atoms with E-state index >= 15 is 0 Å². The molecule has 1 atom stereocenters. The van der Waals surface area contributed by atoms with Crippen molar-refractivity contribution in [1.29, 1.82) is 0 Å². The Morgan fingerprint density at radius 3 is 2.67 bits per heavy atom. The standard InChI is InChI=1S/C17H18FN3O4S2/c18-14-5-3-4-12(10-14)16(22)19-15-6-1-2-8-21(15)27(24,25)20-17(23)13-7-9-26-11-13/h3-5,7,9-11,15H,1-2,6,8H2,(H,19,22)(H,20,23). The minimum absolute atomic E-state index is 0.0974. The van der Waals surface area contributed by atoms with Crippen LogP contribution in [-0.4, -0.2) is 37.2 Å². The molecule has 10 heteroatoms. The predicted molar refractivity (Wildman–Crippen MR) is 98.9 cm³/mol. The second-order valence-corrected chi connectivity index (χ2v) is 8.46. The molecule has 27 heavy (non-hydrogen) atoms. The van der Waals surface area contributed by atoms with Gasteiger partial charge in [0, 0.05) is 17.5 Å². The van der Waals surface area contributed by atoms with E-state index < -0.39 is 34.0 Å². The summed E-state index contributed by atoms with van der Waals surface area (Å²) in [5.41, 5.74) is 0.348. The van der Waals surface area contributed by atoms with Crippen LogP contribution >= 0.6 is 11.3 Å². The highest BCUT2D eigenvalue weighted by molar-refractivity contribution is 7.87. The van der Waals surface area contributed by atoms with Gasteiger partial charge in [-0.05, 0) is 48.9 Å². The summed E-state index contributed by atoms with van der Waals surface area (Å²) in [5.74, 6) is -1.86. The number of piperidine rings is 1. The minimum Gasteiger partial charge on any atom is -0.335 e. The average molecular weight is 411 g/mol. The molecule has 1 aliphatic heterocycles. The Balaban J connectivity index is 1.74. The zero-order valence-corrected chi connectivity index (χ0v) is 15.9. The first-order chi connectivity index (χ1) is 12.9. The molecule has 7 nitrogen and oxygen atoms in total. The molecular weight excluding hydrogens is 393 g/mol. The van der Waals surface area contributed by atoms with Crippen LogP contribution in [0.15, 0.2) is 41.1 Å². The fraction of sp³-hybridized carbons (Fsp3) is 0.294. The van der Waals surface area contributed by atoms with Gasteiger partial charge < -0.3 is 5.32 Å². The molecular formula is C17H18FN3O4S2. The quantitative estimate of drug-likeness (QED) is 0.788. The Labute approximate surface area is 160 Å². The number of carbonyl (C=O) groups excluding carboxylic acids is 2. The van der Waals surface area contributed by atoms with Crippen LogP contribution in [0.5, 0.6) is 0 Å². The lowest BCUT2D eigenvalue weighted by molar-refractivity contribution is 0.0881. The van der Waals surface area contributed by atoms with E-state index in [2.05, 4.69) is 5.32 Å². The highest BCUT2D eigenvalue weighted by atomic mass is 32.2. The van der Waals surface area contributed by atoms with E-state index in [0.29, 0.717) is 12.8 Å². The van der Waals surface area contributed by atoms with Gasteiger partial charge in [-0.25, -0.2) is 9.11 Å². The Kier molecular flexibility index (Phi) is 5.88. The highest BCUT2D eigenvalue weighted by Gasteiger charge is 2.34. The van der Waals surface area contributed by atoms with Crippen LogP contribution in [-0.2, 0) is 10.2 Å². The first-order valence-corrected chi connectivity index (χ1v) is 10.7. The van der Waals surface area contributed by atoms with Crippen LogP contribution in [0, 0.1) is 5.82 Å². The smallest absolute Gasteiger partial charge is 0.305 e. The van der Waals surface area contributed by atoms with Crippen LogP contribution in [0.3, 0.4) is 0 Å². The Bertz CT molecular complexity index is 931. The molecule has 1 fully saturated rings. The molecule has 1 aromatic heterocycles. The Morgan fingerprint density at radius 1 is 1.15 bits per heavy atom. The fourth-order valence-corrected chi connectivity index (χ4v) is 4.80. The third kappa shape index (κ3) is 4.71. The molecule has 0 spiro atoms. The van der Waals surface area contributed by atoms with Crippen LogP contribution in [0.25, 0.3) is 0 Å². The summed E-state index contributed by atoms with van der Waals surface area (Å²) in [7, 11) is -4.14. The van der Waals surface area contributed by atoms with E-state index in [4.69, 9.17) is 0 Å². The van der Waals surface area contributed by atoms with Gasteiger partial charge in [0.05, 0.1) is 11.7 Å². The van der Waals surface area contributed by atoms with E-state index in [1.54, 1.807) is 10.8 Å². The van der Waals surface area contributed by atoms with Gasteiger partial charge in [-0.3, -0.25) is 9.59 Å². The van der Waals surface area contributed by atoms with Gasteiger partial charge in [0.1, 0.15) is 5.82 Å². The van der Waals surface area contributed by atoms with E-state index in [0.717, 1.165) is 16.8 Å². The molecule has 2 heterocycles. The average Bonchev–Trinajstić information content (AvgIpc) is 3.16. The fourth-order valence-electron chi connectivity index (χ4n) is 2.83. The maximum Gasteiger partial charge on any atom is 0.305 e. The molecule has 2 amide bonds. The topological polar surface area (TPSA) is 95.6 Å². The lowest BCUT2D eigenvalue weighted by Crippen LogP contribution is -2.56. The molecule has 0 radical (unpaired) electrons. The zero-order valence-electron chi connectivity index (χ0n) is 14.2. The zero-order chi connectivity index (χ0) is 19.4. The van der Waals surface area contributed by atoms with E-state index in [1.807, 2.05) is 4.72 Å². The van der Waals surface area contributed by atoms with Gasteiger partial charge in [0.2, 0.25) is 0 Å². The molecule has 1 saturated heterocycles. The number of rotatable bonds is 5. The molecule has 3 rings (SSSR count). The third-order valence-electron chi connectivity index (χ3n) is 4.15. The molecule has 1 unspecified atom stereocenters. The maximum atomic E-state index is 13.3. The van der Waals surface area contributed by atoms with Crippen LogP contribution < -0.4 is 10.0 Å². The summed E-state index contributed by atoms with van der Waals surface area (Å²) in [6.45, 7) is 0.167. The van der Waals surface area contributed by atoms with Crippen molar-refractivity contribution in [2.24, 2.45) is 0 Å². The molecule has 0 saturated carbocycles. The highest BCUT2D eigenvalue weighted by Crippen LogP contribution is 2.19. The number of nitrogens with one attached hydrogen (secondary N) is 2.